The maximum atomic E-state index is 5.05. The summed E-state index contributed by atoms with van der Waals surface area (Å²) in [6.07, 6.45) is 0.796. The van der Waals surface area contributed by atoms with Crippen LogP contribution in [0, 0.1) is 6.92 Å². The lowest BCUT2D eigenvalue weighted by molar-refractivity contribution is 0.965. The van der Waals surface area contributed by atoms with E-state index in [0.29, 0.717) is 0 Å². The highest BCUT2D eigenvalue weighted by Crippen LogP contribution is 2.36. The number of hydrogen-bond donors (Lipinski definition) is 0. The van der Waals surface area contributed by atoms with Crippen LogP contribution in [0.25, 0.3) is 54.8 Å². The van der Waals surface area contributed by atoms with Crippen LogP contribution in [0.5, 0.6) is 0 Å². The molecule has 2 heteroatoms. The predicted octanol–water partition coefficient (Wildman–Crippen LogP) is 8.14. The fourth-order valence-electron chi connectivity index (χ4n) is 4.89. The Hall–Kier alpha value is -4.04. The van der Waals surface area contributed by atoms with Crippen molar-refractivity contribution in [3.63, 3.8) is 0 Å². The van der Waals surface area contributed by atoms with Gasteiger partial charge in [-0.2, -0.15) is 0 Å². The van der Waals surface area contributed by atoms with E-state index in [1.165, 1.54) is 38.2 Å². The van der Waals surface area contributed by atoms with E-state index >= 15 is 0 Å². The molecule has 0 bridgehead atoms. The van der Waals surface area contributed by atoms with Gasteiger partial charge in [0.15, 0.2) is 0 Å². The largest absolute Gasteiger partial charge is 0.232 e. The summed E-state index contributed by atoms with van der Waals surface area (Å²) in [6, 6.07) is 34.5. The maximum Gasteiger partial charge on any atom is 0.129 e. The second-order valence-electron chi connectivity index (χ2n) is 8.57. The molecule has 0 spiro atoms. The van der Waals surface area contributed by atoms with E-state index in [9.17, 15) is 0 Å². The Balaban J connectivity index is 1.67. The Morgan fingerprint density at radius 3 is 2.21 bits per heavy atom. The lowest BCUT2D eigenvalue weighted by Crippen LogP contribution is -1.99. The van der Waals surface area contributed by atoms with Gasteiger partial charge in [-0.15, -0.1) is 0 Å². The van der Waals surface area contributed by atoms with E-state index in [1.807, 2.05) is 0 Å². The van der Waals surface area contributed by atoms with Gasteiger partial charge in [-0.3, -0.25) is 0 Å². The molecule has 0 N–H and O–H groups in total. The average Bonchev–Trinajstić information content (AvgIpc) is 2.88. The van der Waals surface area contributed by atoms with Crippen LogP contribution in [0.3, 0.4) is 0 Å². The van der Waals surface area contributed by atoms with Gasteiger partial charge in [-0.1, -0.05) is 85.8 Å². The van der Waals surface area contributed by atoms with Gasteiger partial charge in [0.05, 0.1) is 11.2 Å². The summed E-state index contributed by atoms with van der Waals surface area (Å²) in [4.78, 5) is 10.1. The molecular weight excluding hydrogens is 400 g/mol. The Kier molecular flexibility index (Phi) is 4.66. The third-order valence-corrected chi connectivity index (χ3v) is 6.56. The zero-order chi connectivity index (χ0) is 22.4. The van der Waals surface area contributed by atoms with E-state index in [1.54, 1.807) is 0 Å². The summed E-state index contributed by atoms with van der Waals surface area (Å²) in [5, 5.41) is 6.10. The summed E-state index contributed by atoms with van der Waals surface area (Å²) in [6.45, 7) is 4.34. The Morgan fingerprint density at radius 1 is 0.606 bits per heavy atom. The highest BCUT2D eigenvalue weighted by Gasteiger charge is 2.15. The minimum atomic E-state index is 0.796. The predicted molar refractivity (Wildman–Crippen MR) is 140 cm³/mol. The van der Waals surface area contributed by atoms with Crippen molar-refractivity contribution in [2.75, 3.05) is 0 Å². The molecule has 1 aromatic heterocycles. The molecule has 33 heavy (non-hydrogen) atoms. The summed E-state index contributed by atoms with van der Waals surface area (Å²) in [5.74, 6) is 0.877. The van der Waals surface area contributed by atoms with Gasteiger partial charge < -0.3 is 0 Å². The second-order valence-corrected chi connectivity index (χ2v) is 8.57. The van der Waals surface area contributed by atoms with Crippen LogP contribution in [0.15, 0.2) is 97.1 Å². The van der Waals surface area contributed by atoms with Crippen LogP contribution < -0.4 is 0 Å². The SMILES string of the molecule is CCc1nc(-c2cccc(-c3ccccc3)c2)c2ccc3cc4ccccc4c(C)c3c2n1. The van der Waals surface area contributed by atoms with Crippen LogP contribution in [-0.2, 0) is 6.42 Å². The van der Waals surface area contributed by atoms with E-state index in [2.05, 4.69) is 111 Å². The molecule has 5 aromatic carbocycles. The molecule has 1 heterocycles. The third kappa shape index (κ3) is 3.27. The maximum absolute atomic E-state index is 5.05. The van der Waals surface area contributed by atoms with Crippen molar-refractivity contribution in [2.24, 2.45) is 0 Å². The summed E-state index contributed by atoms with van der Waals surface area (Å²) >= 11 is 0. The molecule has 0 aliphatic heterocycles. The van der Waals surface area contributed by atoms with Crippen LogP contribution >= 0.6 is 0 Å². The summed E-state index contributed by atoms with van der Waals surface area (Å²) in [5.41, 5.74) is 6.85. The zero-order valence-corrected chi connectivity index (χ0v) is 18.8. The molecule has 0 unspecified atom stereocenters. The van der Waals surface area contributed by atoms with E-state index in [4.69, 9.17) is 9.97 Å². The Labute approximate surface area is 193 Å². The van der Waals surface area contributed by atoms with Gasteiger partial charge in [-0.25, -0.2) is 9.97 Å². The fourth-order valence-corrected chi connectivity index (χ4v) is 4.89. The van der Waals surface area contributed by atoms with E-state index < -0.39 is 0 Å². The highest BCUT2D eigenvalue weighted by molar-refractivity contribution is 6.15. The van der Waals surface area contributed by atoms with Crippen molar-refractivity contribution in [1.82, 2.24) is 9.97 Å². The van der Waals surface area contributed by atoms with Crippen LogP contribution in [0.4, 0.5) is 0 Å². The normalized spacial score (nSPS) is 11.5. The molecule has 158 valence electrons. The van der Waals surface area contributed by atoms with Crippen molar-refractivity contribution in [1.29, 1.82) is 0 Å². The first-order chi connectivity index (χ1) is 16.2. The second kappa shape index (κ2) is 7.83. The molecule has 0 amide bonds. The van der Waals surface area contributed by atoms with Crippen LogP contribution in [-0.4, -0.2) is 9.97 Å². The van der Waals surface area contributed by atoms with Gasteiger partial charge in [0.1, 0.15) is 5.82 Å². The highest BCUT2D eigenvalue weighted by atomic mass is 14.9. The van der Waals surface area contributed by atoms with Crippen molar-refractivity contribution in [3.05, 3.63) is 108 Å². The van der Waals surface area contributed by atoms with Crippen molar-refractivity contribution >= 4 is 32.4 Å². The molecule has 0 radical (unpaired) electrons. The van der Waals surface area contributed by atoms with E-state index in [0.717, 1.165) is 34.4 Å². The number of benzene rings is 5. The third-order valence-electron chi connectivity index (χ3n) is 6.56. The molecule has 0 atom stereocenters. The number of aryl methyl sites for hydroxylation is 2. The van der Waals surface area contributed by atoms with Crippen LogP contribution in [0.1, 0.15) is 18.3 Å². The number of nitrogens with zero attached hydrogens (tertiary/aromatic N) is 2. The van der Waals surface area contributed by atoms with Gasteiger partial charge in [0, 0.05) is 22.8 Å². The monoisotopic (exact) mass is 424 g/mol. The first-order valence-corrected chi connectivity index (χ1v) is 11.5. The molecule has 6 aromatic rings. The molecule has 0 aliphatic rings. The molecule has 0 saturated heterocycles. The molecule has 0 fully saturated rings. The molecule has 6 rings (SSSR count). The van der Waals surface area contributed by atoms with Gasteiger partial charge in [0.2, 0.25) is 0 Å². The van der Waals surface area contributed by atoms with Gasteiger partial charge in [0.25, 0.3) is 0 Å². The summed E-state index contributed by atoms with van der Waals surface area (Å²) < 4.78 is 0. The number of fused-ring (bicyclic) bond motifs is 4. The average molecular weight is 425 g/mol. The van der Waals surface area contributed by atoms with Crippen molar-refractivity contribution < 1.29 is 0 Å². The fraction of sp³-hybridized carbons (Fsp3) is 0.0968. The quantitative estimate of drug-likeness (QED) is 0.212. The number of hydrogen-bond acceptors (Lipinski definition) is 2. The smallest absolute Gasteiger partial charge is 0.129 e. The first kappa shape index (κ1) is 19.6. The lowest BCUT2D eigenvalue weighted by Gasteiger charge is -2.14. The molecule has 0 saturated carbocycles. The molecule has 2 nitrogen and oxygen atoms in total. The van der Waals surface area contributed by atoms with Gasteiger partial charge in [-0.05, 0) is 58.0 Å². The lowest BCUT2D eigenvalue weighted by atomic mass is 9.94. The summed E-state index contributed by atoms with van der Waals surface area (Å²) in [7, 11) is 0. The Bertz CT molecular complexity index is 1650. The number of aromatic nitrogens is 2. The Morgan fingerprint density at radius 2 is 1.36 bits per heavy atom. The molecular formula is C31H24N2. The standard InChI is InChI=1S/C31H24N2/c1-3-28-32-30(25-14-9-13-22(18-25)21-10-5-4-6-11-21)27-17-16-24-19-23-12-7-8-15-26(23)20(2)29(24)31(27)33-28/h4-19H,3H2,1-2H3. The zero-order valence-electron chi connectivity index (χ0n) is 18.8. The first-order valence-electron chi connectivity index (χ1n) is 11.5. The van der Waals surface area contributed by atoms with E-state index in [-0.39, 0.29) is 0 Å². The topological polar surface area (TPSA) is 25.8 Å². The van der Waals surface area contributed by atoms with Gasteiger partial charge >= 0.3 is 0 Å². The van der Waals surface area contributed by atoms with Crippen molar-refractivity contribution in [2.45, 2.75) is 20.3 Å². The number of rotatable bonds is 3. The van der Waals surface area contributed by atoms with Crippen LogP contribution in [0.2, 0.25) is 0 Å². The minimum absolute atomic E-state index is 0.796. The minimum Gasteiger partial charge on any atom is -0.232 e. The molecule has 0 aliphatic carbocycles. The van der Waals surface area contributed by atoms with Crippen molar-refractivity contribution in [3.8, 4) is 22.4 Å².